The summed E-state index contributed by atoms with van der Waals surface area (Å²) in [5.74, 6) is -1.04. The molecule has 1 fully saturated rings. The summed E-state index contributed by atoms with van der Waals surface area (Å²) in [7, 11) is 0. The number of hydrogen-bond acceptors (Lipinski definition) is 2. The number of carboxylic acids is 1. The second-order valence-electron chi connectivity index (χ2n) is 4.89. The molecule has 1 saturated carbocycles. The van der Waals surface area contributed by atoms with Crippen molar-refractivity contribution in [2.45, 2.75) is 58.4 Å². The molecule has 0 aliphatic heterocycles. The quantitative estimate of drug-likeness (QED) is 0.771. The Bertz CT molecular complexity index is 269. The van der Waals surface area contributed by atoms with Crippen molar-refractivity contribution in [2.75, 3.05) is 0 Å². The summed E-state index contributed by atoms with van der Waals surface area (Å²) in [6.07, 6.45) is 5.47. The maximum Gasteiger partial charge on any atom is 0.326 e. The number of carboxylic acid groups (broad SMARTS) is 1. The van der Waals surface area contributed by atoms with Gasteiger partial charge in [0, 0.05) is 5.41 Å². The lowest BCUT2D eigenvalue weighted by molar-refractivity contribution is -0.144. The van der Waals surface area contributed by atoms with Crippen LogP contribution >= 0.6 is 0 Å². The van der Waals surface area contributed by atoms with Gasteiger partial charge in [0.1, 0.15) is 6.04 Å². The van der Waals surface area contributed by atoms with Crippen LogP contribution in [0.25, 0.3) is 0 Å². The van der Waals surface area contributed by atoms with E-state index in [-0.39, 0.29) is 11.3 Å². The Hall–Kier alpha value is -1.06. The predicted molar refractivity (Wildman–Crippen MR) is 61.0 cm³/mol. The third kappa shape index (κ3) is 2.97. The first kappa shape index (κ1) is 13.0. The Morgan fingerprint density at radius 2 is 1.88 bits per heavy atom. The Morgan fingerprint density at radius 1 is 1.31 bits per heavy atom. The molecule has 1 rings (SSSR count). The van der Waals surface area contributed by atoms with E-state index >= 15 is 0 Å². The van der Waals surface area contributed by atoms with Crippen molar-refractivity contribution in [1.29, 1.82) is 0 Å². The van der Waals surface area contributed by atoms with Crippen LogP contribution in [0.5, 0.6) is 0 Å². The van der Waals surface area contributed by atoms with E-state index in [2.05, 4.69) is 5.32 Å². The SMILES string of the molecule is CC[C@@H](NC(=O)C1(C)CCCCC1)C(=O)O. The van der Waals surface area contributed by atoms with Crippen molar-refractivity contribution in [3.8, 4) is 0 Å². The normalized spacial score (nSPS) is 21.1. The van der Waals surface area contributed by atoms with Crippen LogP contribution in [0.2, 0.25) is 0 Å². The van der Waals surface area contributed by atoms with E-state index in [1.807, 2.05) is 6.92 Å². The van der Waals surface area contributed by atoms with E-state index < -0.39 is 12.0 Å². The van der Waals surface area contributed by atoms with E-state index in [0.717, 1.165) is 25.7 Å². The van der Waals surface area contributed by atoms with Gasteiger partial charge in [-0.15, -0.1) is 0 Å². The number of aliphatic carboxylic acids is 1. The molecule has 4 nitrogen and oxygen atoms in total. The van der Waals surface area contributed by atoms with Gasteiger partial charge >= 0.3 is 5.97 Å². The molecule has 4 heteroatoms. The molecule has 0 spiro atoms. The van der Waals surface area contributed by atoms with Gasteiger partial charge in [-0.25, -0.2) is 4.79 Å². The first-order valence-corrected chi connectivity index (χ1v) is 6.03. The third-order valence-corrected chi connectivity index (χ3v) is 3.52. The van der Waals surface area contributed by atoms with Gasteiger partial charge in [-0.2, -0.15) is 0 Å². The highest BCUT2D eigenvalue weighted by atomic mass is 16.4. The van der Waals surface area contributed by atoms with E-state index in [9.17, 15) is 9.59 Å². The van der Waals surface area contributed by atoms with Crippen molar-refractivity contribution in [3.63, 3.8) is 0 Å². The first-order chi connectivity index (χ1) is 7.49. The van der Waals surface area contributed by atoms with Gasteiger partial charge in [0.2, 0.25) is 5.91 Å². The number of rotatable bonds is 4. The molecule has 0 bridgehead atoms. The van der Waals surface area contributed by atoms with Crippen molar-refractivity contribution < 1.29 is 14.7 Å². The lowest BCUT2D eigenvalue weighted by Crippen LogP contribution is -2.47. The van der Waals surface area contributed by atoms with E-state index in [0.29, 0.717) is 6.42 Å². The molecule has 0 aromatic heterocycles. The minimum Gasteiger partial charge on any atom is -0.480 e. The fraction of sp³-hybridized carbons (Fsp3) is 0.833. The molecule has 0 aromatic carbocycles. The van der Waals surface area contributed by atoms with Crippen LogP contribution in [0.15, 0.2) is 0 Å². The van der Waals surface area contributed by atoms with Crippen LogP contribution in [-0.4, -0.2) is 23.0 Å². The summed E-state index contributed by atoms with van der Waals surface area (Å²) in [6, 6.07) is -0.744. The molecule has 0 aromatic rings. The largest absolute Gasteiger partial charge is 0.480 e. The highest BCUT2D eigenvalue weighted by Crippen LogP contribution is 2.35. The van der Waals surface area contributed by atoms with Gasteiger partial charge in [-0.3, -0.25) is 4.79 Å². The molecule has 92 valence electrons. The second-order valence-corrected chi connectivity index (χ2v) is 4.89. The van der Waals surface area contributed by atoms with Crippen LogP contribution in [0, 0.1) is 5.41 Å². The van der Waals surface area contributed by atoms with Crippen LogP contribution in [0.3, 0.4) is 0 Å². The molecular formula is C12H21NO3. The predicted octanol–water partition coefficient (Wildman–Crippen LogP) is 1.94. The summed E-state index contributed by atoms with van der Waals surface area (Å²) < 4.78 is 0. The average Bonchev–Trinajstić information content (AvgIpc) is 2.26. The maximum absolute atomic E-state index is 12.0. The highest BCUT2D eigenvalue weighted by molar-refractivity contribution is 5.87. The molecular weight excluding hydrogens is 206 g/mol. The lowest BCUT2D eigenvalue weighted by atomic mass is 9.75. The smallest absolute Gasteiger partial charge is 0.326 e. The molecule has 0 saturated heterocycles. The molecule has 1 atom stereocenters. The highest BCUT2D eigenvalue weighted by Gasteiger charge is 2.36. The van der Waals surface area contributed by atoms with Crippen molar-refractivity contribution in [1.82, 2.24) is 5.32 Å². The molecule has 0 radical (unpaired) electrons. The van der Waals surface area contributed by atoms with Crippen molar-refractivity contribution in [2.24, 2.45) is 5.41 Å². The Kier molecular flexibility index (Phi) is 4.33. The number of amides is 1. The topological polar surface area (TPSA) is 66.4 Å². The van der Waals surface area contributed by atoms with E-state index in [1.54, 1.807) is 6.92 Å². The van der Waals surface area contributed by atoms with E-state index in [4.69, 9.17) is 5.11 Å². The fourth-order valence-electron chi connectivity index (χ4n) is 2.23. The summed E-state index contributed by atoms with van der Waals surface area (Å²) >= 11 is 0. The molecule has 2 N–H and O–H groups in total. The zero-order chi connectivity index (χ0) is 12.2. The van der Waals surface area contributed by atoms with E-state index in [1.165, 1.54) is 6.42 Å². The molecule has 1 aliphatic rings. The minimum atomic E-state index is -0.949. The molecule has 0 unspecified atom stereocenters. The van der Waals surface area contributed by atoms with Gasteiger partial charge < -0.3 is 10.4 Å². The maximum atomic E-state index is 12.0. The van der Waals surface area contributed by atoms with Gasteiger partial charge in [0.25, 0.3) is 0 Å². The first-order valence-electron chi connectivity index (χ1n) is 6.03. The summed E-state index contributed by atoms with van der Waals surface area (Å²) in [5, 5.41) is 11.5. The van der Waals surface area contributed by atoms with Crippen molar-refractivity contribution >= 4 is 11.9 Å². The zero-order valence-corrected chi connectivity index (χ0v) is 10.1. The van der Waals surface area contributed by atoms with Gasteiger partial charge in [-0.05, 0) is 19.3 Å². The summed E-state index contributed by atoms with van der Waals surface area (Å²) in [4.78, 5) is 22.9. The zero-order valence-electron chi connectivity index (χ0n) is 10.1. The van der Waals surface area contributed by atoms with Gasteiger partial charge in [-0.1, -0.05) is 33.1 Å². The number of hydrogen-bond donors (Lipinski definition) is 2. The van der Waals surface area contributed by atoms with Gasteiger partial charge in [0.05, 0.1) is 0 Å². The molecule has 16 heavy (non-hydrogen) atoms. The average molecular weight is 227 g/mol. The standard InChI is InChI=1S/C12H21NO3/c1-3-9(10(14)15)13-11(16)12(2)7-5-4-6-8-12/h9H,3-8H2,1-2H3,(H,13,16)(H,14,15)/t9-/m1/s1. The molecule has 0 heterocycles. The number of carbonyl (C=O) groups is 2. The Morgan fingerprint density at radius 3 is 2.31 bits per heavy atom. The summed E-state index contributed by atoms with van der Waals surface area (Å²) in [5.41, 5.74) is -0.360. The third-order valence-electron chi connectivity index (χ3n) is 3.52. The van der Waals surface area contributed by atoms with Crippen LogP contribution in [0.1, 0.15) is 52.4 Å². The monoisotopic (exact) mass is 227 g/mol. The van der Waals surface area contributed by atoms with Crippen molar-refractivity contribution in [3.05, 3.63) is 0 Å². The van der Waals surface area contributed by atoms with Crippen LogP contribution < -0.4 is 5.32 Å². The molecule has 1 aliphatic carbocycles. The Balaban J connectivity index is 2.59. The minimum absolute atomic E-state index is 0.0959. The van der Waals surface area contributed by atoms with Gasteiger partial charge in [0.15, 0.2) is 0 Å². The van der Waals surface area contributed by atoms with Crippen LogP contribution in [0.4, 0.5) is 0 Å². The van der Waals surface area contributed by atoms with Crippen LogP contribution in [-0.2, 0) is 9.59 Å². The lowest BCUT2D eigenvalue weighted by Gasteiger charge is -2.33. The number of nitrogens with one attached hydrogen (secondary N) is 1. The fourth-order valence-corrected chi connectivity index (χ4v) is 2.23. The second kappa shape index (κ2) is 5.32. The Labute approximate surface area is 96.4 Å². The number of carbonyl (C=O) groups excluding carboxylic acids is 1. The molecule has 1 amide bonds. The summed E-state index contributed by atoms with van der Waals surface area (Å²) in [6.45, 7) is 3.71.